The largest absolute Gasteiger partial charge is 0.461 e. The summed E-state index contributed by atoms with van der Waals surface area (Å²) in [6, 6.07) is 0. The Bertz CT molecular complexity index is 780. The highest BCUT2D eigenvalue weighted by Crippen LogP contribution is 2.39. The molecule has 0 atom stereocenters. The highest BCUT2D eigenvalue weighted by molar-refractivity contribution is 7.99. The molecule has 0 radical (unpaired) electrons. The van der Waals surface area contributed by atoms with Crippen molar-refractivity contribution >= 4 is 17.7 Å². The number of fused-ring (bicyclic) bond motifs is 3. The molecule has 3 N–H and O–H groups in total. The van der Waals surface area contributed by atoms with Crippen LogP contribution in [0.5, 0.6) is 0 Å². The molecule has 0 amide bonds. The maximum Gasteiger partial charge on any atom is 0.356 e. The number of nitrogens with zero attached hydrogens (tertiary/aromatic N) is 3. The molecule has 0 saturated carbocycles. The van der Waals surface area contributed by atoms with E-state index < -0.39 is 0 Å². The SMILES string of the molecule is C=CCSc1n[nH]c2c1-c1nn(CCCN)c(C(=O)OCC)c1CC2. The van der Waals surface area contributed by atoms with E-state index in [4.69, 9.17) is 15.6 Å². The Kier molecular flexibility index (Phi) is 5.60. The Morgan fingerprint density at radius 2 is 2.36 bits per heavy atom. The van der Waals surface area contributed by atoms with Crippen molar-refractivity contribution in [2.45, 2.75) is 37.8 Å². The van der Waals surface area contributed by atoms with Crippen LogP contribution in [0.25, 0.3) is 11.3 Å². The van der Waals surface area contributed by atoms with Gasteiger partial charge in [-0.05, 0) is 32.7 Å². The number of carbonyl (C=O) groups is 1. The van der Waals surface area contributed by atoms with Gasteiger partial charge in [-0.15, -0.1) is 6.58 Å². The summed E-state index contributed by atoms with van der Waals surface area (Å²) in [7, 11) is 0. The van der Waals surface area contributed by atoms with E-state index in [0.29, 0.717) is 25.4 Å². The molecular weight excluding hydrogens is 338 g/mol. The zero-order valence-electron chi connectivity index (χ0n) is 14.4. The number of rotatable bonds is 8. The lowest BCUT2D eigenvalue weighted by molar-refractivity contribution is 0.0510. The Labute approximate surface area is 151 Å². The van der Waals surface area contributed by atoms with Gasteiger partial charge in [0.15, 0.2) is 0 Å². The molecule has 0 aliphatic heterocycles. The standard InChI is InChI=1S/C17H23N5O2S/c1-3-10-25-16-13-12(19-20-16)7-6-11-14(13)21-22(9-5-8-18)15(11)17(23)24-4-2/h3H,1,4-10,18H2,2H3,(H,19,20). The third kappa shape index (κ3) is 3.36. The monoisotopic (exact) mass is 361 g/mol. The Hall–Kier alpha value is -2.06. The second-order valence-electron chi connectivity index (χ2n) is 5.74. The quantitative estimate of drug-likeness (QED) is 0.425. The van der Waals surface area contributed by atoms with Crippen molar-refractivity contribution in [1.29, 1.82) is 0 Å². The van der Waals surface area contributed by atoms with Crippen LogP contribution in [0.3, 0.4) is 0 Å². The molecule has 2 aromatic heterocycles. The fourth-order valence-electron chi connectivity index (χ4n) is 3.04. The maximum atomic E-state index is 12.5. The van der Waals surface area contributed by atoms with E-state index >= 15 is 0 Å². The van der Waals surface area contributed by atoms with Crippen molar-refractivity contribution in [3.63, 3.8) is 0 Å². The van der Waals surface area contributed by atoms with E-state index in [1.165, 1.54) is 0 Å². The Morgan fingerprint density at radius 3 is 3.08 bits per heavy atom. The number of aromatic amines is 1. The van der Waals surface area contributed by atoms with Crippen LogP contribution in [-0.2, 0) is 24.1 Å². The van der Waals surface area contributed by atoms with E-state index in [0.717, 1.165) is 52.6 Å². The first-order valence-corrected chi connectivity index (χ1v) is 9.47. The molecule has 2 heterocycles. The molecule has 1 aliphatic carbocycles. The molecule has 0 aromatic carbocycles. The van der Waals surface area contributed by atoms with E-state index in [1.807, 2.05) is 13.0 Å². The van der Waals surface area contributed by atoms with Gasteiger partial charge in [0.25, 0.3) is 0 Å². The molecule has 0 unspecified atom stereocenters. The maximum absolute atomic E-state index is 12.5. The summed E-state index contributed by atoms with van der Waals surface area (Å²) >= 11 is 1.61. The van der Waals surface area contributed by atoms with Crippen molar-refractivity contribution in [3.05, 3.63) is 29.6 Å². The average Bonchev–Trinajstić information content (AvgIpc) is 3.18. The van der Waals surface area contributed by atoms with Crippen LogP contribution >= 0.6 is 11.8 Å². The van der Waals surface area contributed by atoms with Crippen LogP contribution in [-0.4, -0.2) is 44.9 Å². The summed E-state index contributed by atoms with van der Waals surface area (Å²) < 4.78 is 7.01. The fraction of sp³-hybridized carbons (Fsp3) is 0.471. The number of aromatic nitrogens is 4. The number of hydrogen-bond acceptors (Lipinski definition) is 6. The molecule has 1 aliphatic rings. The number of carbonyl (C=O) groups excluding carboxylic acids is 1. The third-order valence-corrected chi connectivity index (χ3v) is 5.07. The van der Waals surface area contributed by atoms with Crippen molar-refractivity contribution in [2.24, 2.45) is 5.73 Å². The first-order valence-electron chi connectivity index (χ1n) is 8.49. The number of ether oxygens (including phenoxy) is 1. The smallest absolute Gasteiger partial charge is 0.356 e. The van der Waals surface area contributed by atoms with Gasteiger partial charge in [-0.25, -0.2) is 4.79 Å². The minimum atomic E-state index is -0.319. The van der Waals surface area contributed by atoms with Gasteiger partial charge in [0, 0.05) is 23.6 Å². The first-order chi connectivity index (χ1) is 12.2. The van der Waals surface area contributed by atoms with E-state index in [2.05, 4.69) is 16.8 Å². The van der Waals surface area contributed by atoms with Gasteiger partial charge in [-0.1, -0.05) is 17.8 Å². The van der Waals surface area contributed by atoms with Crippen LogP contribution in [0.1, 0.15) is 35.1 Å². The lowest BCUT2D eigenvalue weighted by Crippen LogP contribution is -2.17. The van der Waals surface area contributed by atoms with Crippen LogP contribution in [0.4, 0.5) is 0 Å². The summed E-state index contributed by atoms with van der Waals surface area (Å²) in [5, 5.41) is 13.2. The van der Waals surface area contributed by atoms with Gasteiger partial charge in [-0.3, -0.25) is 9.78 Å². The summed E-state index contributed by atoms with van der Waals surface area (Å²) in [6.07, 6.45) is 4.15. The molecule has 0 saturated heterocycles. The molecule has 7 nitrogen and oxygen atoms in total. The summed E-state index contributed by atoms with van der Waals surface area (Å²) in [4.78, 5) is 12.5. The molecule has 134 valence electrons. The predicted octanol–water partition coefficient (Wildman–Crippen LogP) is 2.18. The van der Waals surface area contributed by atoms with Crippen molar-refractivity contribution in [3.8, 4) is 11.3 Å². The van der Waals surface area contributed by atoms with Gasteiger partial charge in [0.2, 0.25) is 0 Å². The number of nitrogens with one attached hydrogen (secondary N) is 1. The van der Waals surface area contributed by atoms with Crippen molar-refractivity contribution < 1.29 is 9.53 Å². The zero-order valence-corrected chi connectivity index (χ0v) is 15.2. The number of esters is 1. The molecule has 0 spiro atoms. The number of aryl methyl sites for hydroxylation is 2. The second-order valence-corrected chi connectivity index (χ2v) is 6.75. The van der Waals surface area contributed by atoms with Gasteiger partial charge in [0.05, 0.1) is 12.2 Å². The van der Waals surface area contributed by atoms with Gasteiger partial charge in [0.1, 0.15) is 16.4 Å². The van der Waals surface area contributed by atoms with Crippen molar-refractivity contribution in [2.75, 3.05) is 18.9 Å². The van der Waals surface area contributed by atoms with E-state index in [9.17, 15) is 4.79 Å². The van der Waals surface area contributed by atoms with Gasteiger partial charge in [-0.2, -0.15) is 10.2 Å². The normalized spacial score (nSPS) is 12.6. The second kappa shape index (κ2) is 7.88. The minimum Gasteiger partial charge on any atom is -0.461 e. The first kappa shape index (κ1) is 17.8. The molecule has 25 heavy (non-hydrogen) atoms. The van der Waals surface area contributed by atoms with Gasteiger partial charge < -0.3 is 10.5 Å². The van der Waals surface area contributed by atoms with Crippen LogP contribution in [0, 0.1) is 0 Å². The summed E-state index contributed by atoms with van der Waals surface area (Å²) in [5.41, 5.74) is 10.0. The minimum absolute atomic E-state index is 0.319. The van der Waals surface area contributed by atoms with Crippen molar-refractivity contribution in [1.82, 2.24) is 20.0 Å². The van der Waals surface area contributed by atoms with Crippen LogP contribution in [0.15, 0.2) is 17.7 Å². The lowest BCUT2D eigenvalue weighted by Gasteiger charge is -2.12. The summed E-state index contributed by atoms with van der Waals surface area (Å²) in [5.74, 6) is 0.450. The molecule has 0 fully saturated rings. The predicted molar refractivity (Wildman–Crippen MR) is 97.8 cm³/mol. The topological polar surface area (TPSA) is 98.8 Å². The highest BCUT2D eigenvalue weighted by atomic mass is 32.2. The number of hydrogen-bond donors (Lipinski definition) is 2. The van der Waals surface area contributed by atoms with E-state index in [-0.39, 0.29) is 5.97 Å². The zero-order chi connectivity index (χ0) is 17.8. The highest BCUT2D eigenvalue weighted by Gasteiger charge is 2.32. The number of thioether (sulfide) groups is 1. The van der Waals surface area contributed by atoms with E-state index in [1.54, 1.807) is 16.4 Å². The van der Waals surface area contributed by atoms with Crippen LogP contribution in [0.2, 0.25) is 0 Å². The summed E-state index contributed by atoms with van der Waals surface area (Å²) in [6.45, 7) is 7.05. The number of nitrogens with two attached hydrogens (primary N) is 1. The fourth-order valence-corrected chi connectivity index (χ4v) is 3.79. The lowest BCUT2D eigenvalue weighted by atomic mass is 9.94. The van der Waals surface area contributed by atoms with Crippen LogP contribution < -0.4 is 5.73 Å². The molecule has 3 rings (SSSR count). The number of H-pyrrole nitrogens is 1. The van der Waals surface area contributed by atoms with Gasteiger partial charge >= 0.3 is 5.97 Å². The third-order valence-electron chi connectivity index (χ3n) is 4.10. The molecular formula is C17H23N5O2S. The Balaban J connectivity index is 2.07. The average molecular weight is 361 g/mol. The molecule has 2 aromatic rings. The Morgan fingerprint density at radius 1 is 1.52 bits per heavy atom. The molecule has 8 heteroatoms. The molecule has 0 bridgehead atoms.